The van der Waals surface area contributed by atoms with Gasteiger partial charge >= 0.3 is 0 Å². The standard InChI is InChI=1S/C11H11NO2/c1-7-3-4-9-8(5-7)11(14-2)10(6-13)12-9/h3-6,12H,1-2H3. The third-order valence-electron chi connectivity index (χ3n) is 2.26. The third kappa shape index (κ3) is 1.18. The zero-order chi connectivity index (χ0) is 10.1. The highest BCUT2D eigenvalue weighted by atomic mass is 16.5. The maximum absolute atomic E-state index is 10.7. The van der Waals surface area contributed by atoms with Crippen molar-refractivity contribution in [1.82, 2.24) is 4.98 Å². The number of H-pyrrole nitrogens is 1. The minimum atomic E-state index is 0.494. The Bertz CT molecular complexity index is 485. The summed E-state index contributed by atoms with van der Waals surface area (Å²) in [5.74, 6) is 0.624. The minimum Gasteiger partial charge on any atom is -0.494 e. The van der Waals surface area contributed by atoms with Crippen molar-refractivity contribution in [1.29, 1.82) is 0 Å². The summed E-state index contributed by atoms with van der Waals surface area (Å²) in [5.41, 5.74) is 2.56. The zero-order valence-corrected chi connectivity index (χ0v) is 8.13. The number of methoxy groups -OCH3 is 1. The summed E-state index contributed by atoms with van der Waals surface area (Å²) in [4.78, 5) is 13.7. The van der Waals surface area contributed by atoms with Crippen LogP contribution in [0.1, 0.15) is 16.1 Å². The summed E-state index contributed by atoms with van der Waals surface area (Å²) in [5, 5.41) is 0.953. The topological polar surface area (TPSA) is 42.1 Å². The van der Waals surface area contributed by atoms with E-state index in [2.05, 4.69) is 4.98 Å². The molecule has 1 N–H and O–H groups in total. The normalized spacial score (nSPS) is 10.4. The molecule has 1 aromatic heterocycles. The molecule has 0 atom stereocenters. The van der Waals surface area contributed by atoms with Gasteiger partial charge in [-0.15, -0.1) is 0 Å². The maximum atomic E-state index is 10.7. The lowest BCUT2D eigenvalue weighted by Crippen LogP contribution is -1.86. The van der Waals surface area contributed by atoms with Gasteiger partial charge in [0, 0.05) is 10.9 Å². The lowest BCUT2D eigenvalue weighted by molar-refractivity contribution is 0.111. The zero-order valence-electron chi connectivity index (χ0n) is 8.13. The van der Waals surface area contributed by atoms with E-state index >= 15 is 0 Å². The fourth-order valence-corrected chi connectivity index (χ4v) is 1.60. The molecule has 0 unspecified atom stereocenters. The van der Waals surface area contributed by atoms with Gasteiger partial charge < -0.3 is 9.72 Å². The van der Waals surface area contributed by atoms with Crippen LogP contribution in [0.5, 0.6) is 5.75 Å². The number of carbonyl (C=O) groups is 1. The largest absolute Gasteiger partial charge is 0.494 e. The number of nitrogens with one attached hydrogen (secondary N) is 1. The third-order valence-corrected chi connectivity index (χ3v) is 2.26. The fraction of sp³-hybridized carbons (Fsp3) is 0.182. The van der Waals surface area contributed by atoms with Gasteiger partial charge in [0.1, 0.15) is 5.69 Å². The molecule has 2 rings (SSSR count). The van der Waals surface area contributed by atoms with Crippen LogP contribution in [0.3, 0.4) is 0 Å². The van der Waals surface area contributed by atoms with Gasteiger partial charge in [0.25, 0.3) is 0 Å². The molecule has 0 bridgehead atoms. The molecule has 3 nitrogen and oxygen atoms in total. The Hall–Kier alpha value is -1.77. The quantitative estimate of drug-likeness (QED) is 0.736. The van der Waals surface area contributed by atoms with E-state index in [4.69, 9.17) is 4.74 Å². The number of rotatable bonds is 2. The van der Waals surface area contributed by atoms with Gasteiger partial charge in [0.15, 0.2) is 12.0 Å². The first kappa shape index (κ1) is 8.81. The van der Waals surface area contributed by atoms with E-state index in [1.807, 2.05) is 25.1 Å². The van der Waals surface area contributed by atoms with Crippen LogP contribution in [-0.4, -0.2) is 18.4 Å². The molecule has 0 amide bonds. The van der Waals surface area contributed by atoms with Crippen LogP contribution < -0.4 is 4.74 Å². The first-order chi connectivity index (χ1) is 6.76. The SMILES string of the molecule is COc1c(C=O)[nH]c2ccc(C)cc12. The molecule has 2 aromatic rings. The highest BCUT2D eigenvalue weighted by Crippen LogP contribution is 2.29. The predicted octanol–water partition coefficient (Wildman–Crippen LogP) is 2.30. The van der Waals surface area contributed by atoms with Crippen molar-refractivity contribution < 1.29 is 9.53 Å². The molecule has 0 fully saturated rings. The van der Waals surface area contributed by atoms with E-state index in [-0.39, 0.29) is 0 Å². The lowest BCUT2D eigenvalue weighted by atomic mass is 10.1. The van der Waals surface area contributed by atoms with Gasteiger partial charge in [0.05, 0.1) is 7.11 Å². The summed E-state index contributed by atoms with van der Waals surface area (Å²) in [6, 6.07) is 5.94. The molecule has 3 heteroatoms. The summed E-state index contributed by atoms with van der Waals surface area (Å²) < 4.78 is 5.18. The Balaban J connectivity index is 2.81. The fourth-order valence-electron chi connectivity index (χ4n) is 1.60. The van der Waals surface area contributed by atoms with Gasteiger partial charge in [-0.2, -0.15) is 0 Å². The van der Waals surface area contributed by atoms with E-state index in [9.17, 15) is 4.79 Å². The number of aromatic nitrogens is 1. The molecule has 0 saturated heterocycles. The van der Waals surface area contributed by atoms with E-state index in [0.717, 1.165) is 22.8 Å². The second-order valence-corrected chi connectivity index (χ2v) is 3.24. The van der Waals surface area contributed by atoms with Crippen molar-refractivity contribution >= 4 is 17.2 Å². The number of ether oxygens (including phenoxy) is 1. The van der Waals surface area contributed by atoms with Crippen LogP contribution in [0.25, 0.3) is 10.9 Å². The summed E-state index contributed by atoms with van der Waals surface area (Å²) >= 11 is 0. The Morgan fingerprint density at radius 2 is 2.21 bits per heavy atom. The molecule has 0 spiro atoms. The van der Waals surface area contributed by atoms with Gasteiger partial charge in [-0.05, 0) is 19.1 Å². The van der Waals surface area contributed by atoms with Crippen LogP contribution in [0.2, 0.25) is 0 Å². The number of aryl methyl sites for hydroxylation is 1. The smallest absolute Gasteiger partial charge is 0.170 e. The van der Waals surface area contributed by atoms with E-state index in [1.54, 1.807) is 7.11 Å². The van der Waals surface area contributed by atoms with Crippen LogP contribution in [0.15, 0.2) is 18.2 Å². The van der Waals surface area contributed by atoms with Crippen LogP contribution in [0.4, 0.5) is 0 Å². The first-order valence-corrected chi connectivity index (χ1v) is 4.37. The number of hydrogen-bond donors (Lipinski definition) is 1. The molecule has 0 aliphatic rings. The molecule has 72 valence electrons. The highest BCUT2D eigenvalue weighted by molar-refractivity contribution is 5.95. The van der Waals surface area contributed by atoms with Gasteiger partial charge in [-0.1, -0.05) is 11.6 Å². The Labute approximate surface area is 81.7 Å². The molecule has 14 heavy (non-hydrogen) atoms. The minimum absolute atomic E-state index is 0.494. The average Bonchev–Trinajstić information content (AvgIpc) is 2.54. The molecule has 1 aromatic carbocycles. The second kappa shape index (κ2) is 3.18. The van der Waals surface area contributed by atoms with Crippen molar-refractivity contribution in [2.24, 2.45) is 0 Å². The lowest BCUT2D eigenvalue weighted by Gasteiger charge is -1.98. The molecule has 0 radical (unpaired) electrons. The Morgan fingerprint density at radius 3 is 2.86 bits per heavy atom. The molecular weight excluding hydrogens is 178 g/mol. The number of aromatic amines is 1. The second-order valence-electron chi connectivity index (χ2n) is 3.24. The maximum Gasteiger partial charge on any atom is 0.170 e. The van der Waals surface area contributed by atoms with Crippen molar-refractivity contribution in [2.45, 2.75) is 6.92 Å². The highest BCUT2D eigenvalue weighted by Gasteiger charge is 2.10. The summed E-state index contributed by atoms with van der Waals surface area (Å²) in [6.07, 6.45) is 0.772. The van der Waals surface area contributed by atoms with Crippen LogP contribution in [-0.2, 0) is 0 Å². The molecule has 0 saturated carbocycles. The van der Waals surface area contributed by atoms with E-state index in [0.29, 0.717) is 11.4 Å². The Morgan fingerprint density at radius 1 is 1.43 bits per heavy atom. The number of carbonyl (C=O) groups excluding carboxylic acids is 1. The monoisotopic (exact) mass is 189 g/mol. The molecule has 0 aliphatic carbocycles. The van der Waals surface area contributed by atoms with E-state index < -0.39 is 0 Å². The first-order valence-electron chi connectivity index (χ1n) is 4.37. The predicted molar refractivity (Wildman–Crippen MR) is 55.0 cm³/mol. The van der Waals surface area contributed by atoms with Crippen molar-refractivity contribution in [2.75, 3.05) is 7.11 Å². The number of fused-ring (bicyclic) bond motifs is 1. The molecular formula is C11H11NO2. The van der Waals surface area contributed by atoms with Gasteiger partial charge in [0.2, 0.25) is 0 Å². The summed E-state index contributed by atoms with van der Waals surface area (Å²) in [7, 11) is 1.57. The molecule has 1 heterocycles. The van der Waals surface area contributed by atoms with E-state index in [1.165, 1.54) is 0 Å². The van der Waals surface area contributed by atoms with Gasteiger partial charge in [-0.3, -0.25) is 4.79 Å². The van der Waals surface area contributed by atoms with Gasteiger partial charge in [-0.25, -0.2) is 0 Å². The van der Waals surface area contributed by atoms with Crippen molar-refractivity contribution in [3.8, 4) is 5.75 Å². The Kier molecular flexibility index (Phi) is 2.00. The average molecular weight is 189 g/mol. The number of hydrogen-bond acceptors (Lipinski definition) is 2. The number of benzene rings is 1. The summed E-state index contributed by atoms with van der Waals surface area (Å²) in [6.45, 7) is 2.01. The molecule has 0 aliphatic heterocycles. The van der Waals surface area contributed by atoms with Crippen LogP contribution in [0, 0.1) is 6.92 Å². The number of aldehydes is 1. The van der Waals surface area contributed by atoms with Crippen molar-refractivity contribution in [3.63, 3.8) is 0 Å². The van der Waals surface area contributed by atoms with Crippen molar-refractivity contribution in [3.05, 3.63) is 29.5 Å². The van der Waals surface area contributed by atoms with Crippen LogP contribution >= 0.6 is 0 Å².